The van der Waals surface area contributed by atoms with E-state index in [4.69, 9.17) is 0 Å². The summed E-state index contributed by atoms with van der Waals surface area (Å²) in [4.78, 5) is 2.72. The highest BCUT2D eigenvalue weighted by Gasteiger charge is 2.49. The van der Waals surface area contributed by atoms with Gasteiger partial charge in [0.25, 0.3) is 0 Å². The van der Waals surface area contributed by atoms with E-state index in [2.05, 4.69) is 248 Å². The lowest BCUT2D eigenvalue weighted by atomic mass is 9.27. The monoisotopic (exact) mass is 909 g/mol. The molecule has 10 aromatic rings. The fourth-order valence-electron chi connectivity index (χ4n) is 14.1. The average molecular weight is 910 g/mol. The van der Waals surface area contributed by atoms with Crippen molar-refractivity contribution in [1.29, 1.82) is 0 Å². The lowest BCUT2D eigenvalue weighted by Gasteiger charge is -2.45. The summed E-state index contributed by atoms with van der Waals surface area (Å²) in [5.41, 5.74) is 33.0. The summed E-state index contributed by atoms with van der Waals surface area (Å²) >= 11 is 0. The molecule has 14 rings (SSSR count). The molecule has 0 amide bonds. The number of hydrogen-bond acceptors (Lipinski definition) is 1. The van der Waals surface area contributed by atoms with E-state index in [0.717, 1.165) is 0 Å². The van der Waals surface area contributed by atoms with Crippen LogP contribution in [0, 0.1) is 27.7 Å². The Kier molecular flexibility index (Phi) is 8.87. The number of anilines is 3. The van der Waals surface area contributed by atoms with Crippen LogP contribution in [0.25, 0.3) is 66.4 Å². The summed E-state index contributed by atoms with van der Waals surface area (Å²) in [6, 6.07) is 73.0. The Morgan fingerprint density at radius 2 is 0.958 bits per heavy atom. The number of fused-ring (bicyclic) bond motifs is 11. The van der Waals surface area contributed by atoms with Crippen molar-refractivity contribution < 1.29 is 0 Å². The summed E-state index contributed by atoms with van der Waals surface area (Å²) in [5.74, 6) is 0.0394. The van der Waals surface area contributed by atoms with Crippen LogP contribution >= 0.6 is 0 Å². The Morgan fingerprint density at radius 1 is 0.394 bits per heavy atom. The topological polar surface area (TPSA) is 3.24 Å². The van der Waals surface area contributed by atoms with Crippen molar-refractivity contribution in [3.05, 3.63) is 244 Å². The molecule has 4 aliphatic rings. The summed E-state index contributed by atoms with van der Waals surface area (Å²) in [6.07, 6.45) is 0. The van der Waals surface area contributed by atoms with Gasteiger partial charge >= 0.3 is 0 Å². The van der Waals surface area contributed by atoms with E-state index in [1.165, 1.54) is 150 Å². The average Bonchev–Trinajstić information content (AvgIpc) is 3.73. The van der Waals surface area contributed by atoms with Crippen molar-refractivity contribution in [2.24, 2.45) is 0 Å². The predicted molar refractivity (Wildman–Crippen MR) is 302 cm³/mol. The van der Waals surface area contributed by atoms with Gasteiger partial charge in [0.2, 0.25) is 6.71 Å². The van der Waals surface area contributed by atoms with Crippen molar-refractivity contribution in [1.82, 2.24) is 0 Å². The van der Waals surface area contributed by atoms with Crippen LogP contribution < -0.4 is 15.8 Å². The molecule has 1 unspecified atom stereocenters. The van der Waals surface area contributed by atoms with E-state index in [9.17, 15) is 0 Å². The maximum absolute atomic E-state index is 2.72. The lowest BCUT2D eigenvalue weighted by Crippen LogP contribution is -2.56. The van der Waals surface area contributed by atoms with E-state index < -0.39 is 0 Å². The van der Waals surface area contributed by atoms with Crippen LogP contribution in [0.15, 0.2) is 188 Å². The molecule has 0 fully saturated rings. The molecule has 0 bridgehead atoms. The minimum absolute atomic E-state index is 0.0216. The molecule has 0 saturated heterocycles. The number of aryl methyl sites for hydroxylation is 4. The van der Waals surface area contributed by atoms with Gasteiger partial charge in [-0.25, -0.2) is 0 Å². The fourth-order valence-corrected chi connectivity index (χ4v) is 14.1. The zero-order valence-electron chi connectivity index (χ0n) is 42.0. The van der Waals surface area contributed by atoms with Crippen LogP contribution in [-0.4, -0.2) is 6.71 Å². The quantitative estimate of drug-likeness (QED) is 0.159. The lowest BCUT2D eigenvalue weighted by molar-refractivity contribution is 0.660. The molecule has 0 saturated carbocycles. The van der Waals surface area contributed by atoms with Gasteiger partial charge in [-0.2, -0.15) is 0 Å². The standard InChI is InChI=1S/C69H56BN/c1-40-30-42(3)65(43(4)31-40)49-35-56-52-33-47-20-12-13-21-48(47)34-55(52)66(46-28-26-45(27-29-46)44-18-10-9-11-19-44)70-61-37-54-51-23-15-17-25-58(51)69(7,8)60(54)39-63(61)71(64(36-49)67(56)70)62-38-59-53(32-41(62)2)50-22-14-16-24-57(50)68(59,5)6/h9-39,66H,1-8H3. The molecule has 1 atom stereocenters. The molecule has 2 aliphatic carbocycles. The fraction of sp³-hybridized carbons (Fsp3) is 0.159. The molecule has 340 valence electrons. The van der Waals surface area contributed by atoms with Crippen LogP contribution in [-0.2, 0) is 10.8 Å². The van der Waals surface area contributed by atoms with Gasteiger partial charge in [0, 0.05) is 27.9 Å². The van der Waals surface area contributed by atoms with Crippen molar-refractivity contribution in [2.45, 2.75) is 72.0 Å². The molecule has 0 radical (unpaired) electrons. The predicted octanol–water partition coefficient (Wildman–Crippen LogP) is 16.8. The molecule has 0 aromatic heterocycles. The number of benzene rings is 10. The van der Waals surface area contributed by atoms with Gasteiger partial charge in [-0.15, -0.1) is 0 Å². The highest BCUT2D eigenvalue weighted by Crippen LogP contribution is 2.56. The van der Waals surface area contributed by atoms with Gasteiger partial charge in [-0.1, -0.05) is 185 Å². The molecule has 10 aromatic carbocycles. The van der Waals surface area contributed by atoms with Crippen molar-refractivity contribution >= 4 is 45.5 Å². The van der Waals surface area contributed by atoms with Gasteiger partial charge < -0.3 is 4.90 Å². The van der Waals surface area contributed by atoms with Crippen molar-refractivity contribution in [2.75, 3.05) is 4.90 Å². The third-order valence-corrected chi connectivity index (χ3v) is 17.4. The molecule has 1 nitrogen and oxygen atoms in total. The third-order valence-electron chi connectivity index (χ3n) is 17.4. The normalized spacial score (nSPS) is 15.9. The second kappa shape index (κ2) is 14.9. The van der Waals surface area contributed by atoms with Gasteiger partial charge in [0.15, 0.2) is 0 Å². The minimum Gasteiger partial charge on any atom is -0.311 e. The molecular weight excluding hydrogens is 854 g/mol. The van der Waals surface area contributed by atoms with Crippen molar-refractivity contribution in [3.8, 4) is 55.6 Å². The number of rotatable bonds is 4. The molecule has 0 N–H and O–H groups in total. The van der Waals surface area contributed by atoms with Gasteiger partial charge in [0.1, 0.15) is 0 Å². The first-order valence-electron chi connectivity index (χ1n) is 25.6. The second-order valence-electron chi connectivity index (χ2n) is 22.3. The van der Waals surface area contributed by atoms with E-state index >= 15 is 0 Å². The largest absolute Gasteiger partial charge is 0.311 e. The first kappa shape index (κ1) is 42.2. The molecule has 71 heavy (non-hydrogen) atoms. The molecule has 2 aliphatic heterocycles. The zero-order chi connectivity index (χ0) is 48.2. The van der Waals surface area contributed by atoms with E-state index in [0.29, 0.717) is 0 Å². The Labute approximate surface area is 419 Å². The Hall–Kier alpha value is -7.68. The van der Waals surface area contributed by atoms with Crippen LogP contribution in [0.3, 0.4) is 0 Å². The van der Waals surface area contributed by atoms with Crippen LogP contribution in [0.4, 0.5) is 17.1 Å². The first-order chi connectivity index (χ1) is 34.4. The smallest absolute Gasteiger partial charge is 0.227 e. The SMILES string of the molecule is Cc1cc(C)c(-c2cc3c4c(c2)N(c2cc5c(cc2C)-c2ccccc2C5(C)C)c2cc5c(cc2B4C(c2ccc(-c4ccccc4)cc2)c2cc4ccccc4cc2-3)-c2ccccc2C5(C)C)c(C)c1. The van der Waals surface area contributed by atoms with E-state index in [1.54, 1.807) is 0 Å². The molecule has 0 spiro atoms. The summed E-state index contributed by atoms with van der Waals surface area (Å²) in [5, 5.41) is 2.55. The Morgan fingerprint density at radius 3 is 1.62 bits per heavy atom. The third kappa shape index (κ3) is 5.94. The Bertz CT molecular complexity index is 3900. The number of nitrogens with zero attached hydrogens (tertiary/aromatic N) is 1. The van der Waals surface area contributed by atoms with Gasteiger partial charge in [-0.3, -0.25) is 0 Å². The number of hydrogen-bond donors (Lipinski definition) is 0. The summed E-state index contributed by atoms with van der Waals surface area (Å²) in [6.45, 7) is 18.9. The van der Waals surface area contributed by atoms with Crippen LogP contribution in [0.5, 0.6) is 0 Å². The Balaban J connectivity index is 1.13. The van der Waals surface area contributed by atoms with E-state index in [-0.39, 0.29) is 23.4 Å². The molecule has 2 heteroatoms. The first-order valence-corrected chi connectivity index (χ1v) is 25.6. The highest BCUT2D eigenvalue weighted by molar-refractivity contribution is 6.91. The van der Waals surface area contributed by atoms with Gasteiger partial charge in [-0.05, 0) is 197 Å². The van der Waals surface area contributed by atoms with Gasteiger partial charge in [0.05, 0.1) is 0 Å². The van der Waals surface area contributed by atoms with Crippen LogP contribution in [0.1, 0.15) is 89.1 Å². The second-order valence-corrected chi connectivity index (χ2v) is 22.3. The van der Waals surface area contributed by atoms with E-state index in [1.807, 2.05) is 0 Å². The summed E-state index contributed by atoms with van der Waals surface area (Å²) < 4.78 is 0. The molecule has 2 heterocycles. The van der Waals surface area contributed by atoms with Crippen LogP contribution in [0.2, 0.25) is 0 Å². The maximum Gasteiger partial charge on any atom is 0.227 e. The maximum atomic E-state index is 2.72. The highest BCUT2D eigenvalue weighted by atomic mass is 15.2. The van der Waals surface area contributed by atoms with Crippen molar-refractivity contribution in [3.63, 3.8) is 0 Å². The summed E-state index contributed by atoms with van der Waals surface area (Å²) in [7, 11) is 0. The minimum atomic E-state index is -0.183. The molecular formula is C69H56BN. The zero-order valence-corrected chi connectivity index (χ0v) is 42.0.